The summed E-state index contributed by atoms with van der Waals surface area (Å²) in [6, 6.07) is 10.0. The molecule has 1 atom stereocenters. The van der Waals surface area contributed by atoms with Crippen molar-refractivity contribution in [3.05, 3.63) is 29.8 Å². The van der Waals surface area contributed by atoms with Gasteiger partial charge < -0.3 is 5.32 Å². The third kappa shape index (κ3) is 3.96. The number of nitrogens with one attached hydrogen (secondary N) is 1. The lowest BCUT2D eigenvalue weighted by molar-refractivity contribution is -0.123. The average Bonchev–Trinajstić information content (AvgIpc) is 3.02. The van der Waals surface area contributed by atoms with Crippen molar-refractivity contribution >= 4 is 5.91 Å². The van der Waals surface area contributed by atoms with Gasteiger partial charge in [0.25, 0.3) is 0 Å². The first-order chi connectivity index (χ1) is 11.4. The zero-order valence-corrected chi connectivity index (χ0v) is 14.4. The van der Waals surface area contributed by atoms with Gasteiger partial charge in [0, 0.05) is 5.56 Å². The summed E-state index contributed by atoms with van der Waals surface area (Å²) in [5, 5.41) is 24.1. The van der Waals surface area contributed by atoms with Crippen molar-refractivity contribution in [2.45, 2.75) is 46.2 Å². The van der Waals surface area contributed by atoms with Crippen LogP contribution < -0.4 is 5.32 Å². The van der Waals surface area contributed by atoms with Crippen molar-refractivity contribution in [1.29, 1.82) is 5.26 Å². The third-order valence-corrected chi connectivity index (χ3v) is 4.14. The van der Waals surface area contributed by atoms with Gasteiger partial charge in [-0.25, -0.2) is 0 Å². The van der Waals surface area contributed by atoms with E-state index in [-0.39, 0.29) is 18.4 Å². The molecule has 1 N–H and O–H groups in total. The quantitative estimate of drug-likeness (QED) is 0.875. The van der Waals surface area contributed by atoms with E-state index < -0.39 is 5.54 Å². The van der Waals surface area contributed by atoms with Crippen molar-refractivity contribution in [2.24, 2.45) is 5.92 Å². The molecule has 2 rings (SSSR count). The number of amides is 1. The second-order valence-electron chi connectivity index (χ2n) is 6.21. The van der Waals surface area contributed by atoms with Crippen molar-refractivity contribution in [3.8, 4) is 17.5 Å². The predicted octanol–water partition coefficient (Wildman–Crippen LogP) is 1.96. The maximum atomic E-state index is 12.1. The molecule has 0 saturated carbocycles. The van der Waals surface area contributed by atoms with Gasteiger partial charge in [-0.3, -0.25) is 4.79 Å². The number of nitrogens with zero attached hydrogens (tertiary/aromatic N) is 5. The fourth-order valence-corrected chi connectivity index (χ4v) is 2.07. The largest absolute Gasteiger partial charge is 0.336 e. The number of tetrazole rings is 1. The number of carbonyl (C=O) groups is 1. The number of aryl methyl sites for hydroxylation is 1. The standard InChI is InChI=1S/C17H22N6O/c1-5-13-6-8-14(9-7-13)16-20-22-23(21-16)10-15(24)19-17(4,11-18)12(2)3/h6-9,12H,5,10H2,1-4H3,(H,19,24)/t17-/m1/s1. The van der Waals surface area contributed by atoms with Crippen LogP contribution >= 0.6 is 0 Å². The number of nitriles is 1. The molecule has 0 spiro atoms. The third-order valence-electron chi connectivity index (χ3n) is 4.14. The molecule has 1 aromatic carbocycles. The molecule has 2 aromatic rings. The van der Waals surface area contributed by atoms with Crippen LogP contribution in [0.15, 0.2) is 24.3 Å². The fraction of sp³-hybridized carbons (Fsp3) is 0.471. The van der Waals surface area contributed by atoms with E-state index >= 15 is 0 Å². The van der Waals surface area contributed by atoms with Gasteiger partial charge in [-0.2, -0.15) is 10.1 Å². The number of carbonyl (C=O) groups excluding carboxylic acids is 1. The molecule has 0 saturated heterocycles. The van der Waals surface area contributed by atoms with Gasteiger partial charge in [0.2, 0.25) is 11.7 Å². The first-order valence-electron chi connectivity index (χ1n) is 7.97. The van der Waals surface area contributed by atoms with E-state index in [2.05, 4.69) is 33.7 Å². The summed E-state index contributed by atoms with van der Waals surface area (Å²) < 4.78 is 0. The molecule has 0 aliphatic rings. The molecule has 0 aliphatic heterocycles. The number of benzene rings is 1. The lowest BCUT2D eigenvalue weighted by Crippen LogP contribution is -2.50. The SMILES string of the molecule is CCc1ccc(-c2nnn(CC(=O)N[C@](C)(C#N)C(C)C)n2)cc1. The minimum absolute atomic E-state index is 0.0113. The van der Waals surface area contributed by atoms with Crippen molar-refractivity contribution in [3.63, 3.8) is 0 Å². The fourth-order valence-electron chi connectivity index (χ4n) is 2.07. The highest BCUT2D eigenvalue weighted by molar-refractivity contribution is 5.77. The van der Waals surface area contributed by atoms with Gasteiger partial charge in [0.15, 0.2) is 0 Å². The Kier molecular flexibility index (Phi) is 5.29. The Morgan fingerprint density at radius 3 is 2.58 bits per heavy atom. The lowest BCUT2D eigenvalue weighted by Gasteiger charge is -2.27. The molecule has 0 radical (unpaired) electrons. The average molecular weight is 326 g/mol. The molecule has 0 bridgehead atoms. The van der Waals surface area contributed by atoms with E-state index in [1.165, 1.54) is 10.4 Å². The van der Waals surface area contributed by atoms with Crippen LogP contribution in [0.25, 0.3) is 11.4 Å². The molecule has 126 valence electrons. The summed E-state index contributed by atoms with van der Waals surface area (Å²) in [5.74, 6) is 0.137. The van der Waals surface area contributed by atoms with Crippen LogP contribution in [0.5, 0.6) is 0 Å². The Labute approximate surface area is 141 Å². The summed E-state index contributed by atoms with van der Waals surface area (Å²) in [4.78, 5) is 13.4. The van der Waals surface area contributed by atoms with Gasteiger partial charge in [-0.15, -0.1) is 10.2 Å². The van der Waals surface area contributed by atoms with Crippen LogP contribution in [-0.2, 0) is 17.8 Å². The normalized spacial score (nSPS) is 13.3. The smallest absolute Gasteiger partial charge is 0.244 e. The van der Waals surface area contributed by atoms with E-state index in [1.807, 2.05) is 38.1 Å². The highest BCUT2D eigenvalue weighted by Crippen LogP contribution is 2.16. The van der Waals surface area contributed by atoms with Crippen LogP contribution in [0.4, 0.5) is 0 Å². The molecule has 1 heterocycles. The van der Waals surface area contributed by atoms with Crippen LogP contribution in [-0.4, -0.2) is 31.7 Å². The van der Waals surface area contributed by atoms with E-state index in [1.54, 1.807) is 6.92 Å². The van der Waals surface area contributed by atoms with Crippen LogP contribution in [0.2, 0.25) is 0 Å². The first kappa shape index (κ1) is 17.6. The number of aromatic nitrogens is 4. The van der Waals surface area contributed by atoms with Crippen molar-refractivity contribution < 1.29 is 4.79 Å². The molecule has 7 heteroatoms. The summed E-state index contributed by atoms with van der Waals surface area (Å²) in [5.41, 5.74) is 1.16. The molecule has 1 aromatic heterocycles. The Bertz CT molecular complexity index is 743. The number of hydrogen-bond donors (Lipinski definition) is 1. The summed E-state index contributed by atoms with van der Waals surface area (Å²) in [6.45, 7) is 7.48. The molecule has 0 unspecified atom stereocenters. The van der Waals surface area contributed by atoms with E-state index in [9.17, 15) is 10.1 Å². The maximum Gasteiger partial charge on any atom is 0.244 e. The second kappa shape index (κ2) is 7.21. The van der Waals surface area contributed by atoms with Gasteiger partial charge in [-0.05, 0) is 30.0 Å². The zero-order chi connectivity index (χ0) is 17.7. The summed E-state index contributed by atoms with van der Waals surface area (Å²) >= 11 is 0. The van der Waals surface area contributed by atoms with E-state index in [4.69, 9.17) is 0 Å². The molecule has 24 heavy (non-hydrogen) atoms. The topological polar surface area (TPSA) is 96.5 Å². The Morgan fingerprint density at radius 1 is 1.38 bits per heavy atom. The minimum Gasteiger partial charge on any atom is -0.336 e. The highest BCUT2D eigenvalue weighted by atomic mass is 16.2. The van der Waals surface area contributed by atoms with E-state index in [0.717, 1.165) is 12.0 Å². The van der Waals surface area contributed by atoms with Gasteiger partial charge in [-0.1, -0.05) is 45.0 Å². The van der Waals surface area contributed by atoms with Gasteiger partial charge in [0.1, 0.15) is 12.1 Å². The van der Waals surface area contributed by atoms with Crippen LogP contribution in [0.3, 0.4) is 0 Å². The van der Waals surface area contributed by atoms with Crippen LogP contribution in [0, 0.1) is 17.2 Å². The van der Waals surface area contributed by atoms with E-state index in [0.29, 0.717) is 5.82 Å². The molecular weight excluding hydrogens is 304 g/mol. The zero-order valence-electron chi connectivity index (χ0n) is 14.4. The number of hydrogen-bond acceptors (Lipinski definition) is 5. The Balaban J connectivity index is 2.05. The van der Waals surface area contributed by atoms with Gasteiger partial charge in [0.05, 0.1) is 6.07 Å². The molecular formula is C17H22N6O. The molecule has 0 fully saturated rings. The number of rotatable bonds is 6. The maximum absolute atomic E-state index is 12.1. The second-order valence-corrected chi connectivity index (χ2v) is 6.21. The highest BCUT2D eigenvalue weighted by Gasteiger charge is 2.30. The monoisotopic (exact) mass is 326 g/mol. The molecule has 7 nitrogen and oxygen atoms in total. The first-order valence-corrected chi connectivity index (χ1v) is 7.97. The Morgan fingerprint density at radius 2 is 2.04 bits per heavy atom. The molecule has 1 amide bonds. The van der Waals surface area contributed by atoms with Crippen molar-refractivity contribution in [1.82, 2.24) is 25.5 Å². The van der Waals surface area contributed by atoms with Gasteiger partial charge >= 0.3 is 0 Å². The minimum atomic E-state index is -0.920. The molecule has 0 aliphatic carbocycles. The summed E-state index contributed by atoms with van der Waals surface area (Å²) in [6.07, 6.45) is 0.966. The van der Waals surface area contributed by atoms with Crippen molar-refractivity contribution in [2.75, 3.05) is 0 Å². The Hall–Kier alpha value is -2.75. The van der Waals surface area contributed by atoms with Crippen LogP contribution in [0.1, 0.15) is 33.3 Å². The summed E-state index contributed by atoms with van der Waals surface area (Å²) in [7, 11) is 0. The predicted molar refractivity (Wildman–Crippen MR) is 89.6 cm³/mol. The lowest BCUT2D eigenvalue weighted by atomic mass is 9.90.